The van der Waals surface area contributed by atoms with E-state index in [2.05, 4.69) is 14.9 Å². The lowest BCUT2D eigenvalue weighted by atomic mass is 9.91. The van der Waals surface area contributed by atoms with Crippen LogP contribution in [0.2, 0.25) is 0 Å². The summed E-state index contributed by atoms with van der Waals surface area (Å²) in [5.41, 5.74) is 2.91. The van der Waals surface area contributed by atoms with E-state index in [9.17, 15) is 18.3 Å². The Kier molecular flexibility index (Phi) is 4.52. The summed E-state index contributed by atoms with van der Waals surface area (Å²) in [5, 5.41) is 9.39. The molecule has 1 N–H and O–H groups in total. The second-order valence-corrected chi connectivity index (χ2v) is 6.52. The molecule has 24 heavy (non-hydrogen) atoms. The van der Waals surface area contributed by atoms with Gasteiger partial charge in [0.1, 0.15) is 0 Å². The fraction of sp³-hybridized carbons (Fsp3) is 0.625. The van der Waals surface area contributed by atoms with Crippen LogP contribution < -0.4 is 0 Å². The number of imidazole rings is 1. The van der Waals surface area contributed by atoms with Crippen molar-refractivity contribution in [3.8, 4) is 0 Å². The predicted octanol–water partition coefficient (Wildman–Crippen LogP) is 2.48. The lowest BCUT2D eigenvalue weighted by molar-refractivity contribution is -0.223. The molecule has 0 saturated carbocycles. The van der Waals surface area contributed by atoms with Gasteiger partial charge >= 0.3 is 6.18 Å². The Morgan fingerprint density at radius 1 is 1.29 bits per heavy atom. The van der Waals surface area contributed by atoms with Gasteiger partial charge in [0.25, 0.3) is 0 Å². The van der Waals surface area contributed by atoms with Crippen molar-refractivity contribution in [2.24, 2.45) is 5.92 Å². The third-order valence-corrected chi connectivity index (χ3v) is 4.66. The van der Waals surface area contributed by atoms with Crippen LogP contribution in [0.15, 0.2) is 12.3 Å². The van der Waals surface area contributed by atoms with Gasteiger partial charge in [-0.3, -0.25) is 9.30 Å². The van der Waals surface area contributed by atoms with Gasteiger partial charge in [-0.15, -0.1) is 0 Å². The van der Waals surface area contributed by atoms with E-state index in [1.165, 1.54) is 0 Å². The molecule has 1 fully saturated rings. The lowest BCUT2D eigenvalue weighted by Gasteiger charge is -2.34. The summed E-state index contributed by atoms with van der Waals surface area (Å²) in [6.45, 7) is 5.57. The molecule has 0 radical (unpaired) electrons. The maximum Gasteiger partial charge on any atom is 0.414 e. The Morgan fingerprint density at radius 3 is 2.58 bits per heavy atom. The molecule has 8 heteroatoms. The molecule has 0 spiro atoms. The van der Waals surface area contributed by atoms with Gasteiger partial charge < -0.3 is 5.11 Å². The molecule has 2 aromatic heterocycles. The number of nitrogens with zero attached hydrogens (tertiary/aromatic N) is 4. The normalized spacial score (nSPS) is 19.1. The van der Waals surface area contributed by atoms with Crippen LogP contribution in [0.3, 0.4) is 0 Å². The fourth-order valence-corrected chi connectivity index (χ4v) is 3.43. The molecule has 0 aromatic carbocycles. The Labute approximate surface area is 138 Å². The van der Waals surface area contributed by atoms with Crippen LogP contribution in [0.1, 0.15) is 29.9 Å². The van der Waals surface area contributed by atoms with E-state index in [4.69, 9.17) is 0 Å². The van der Waals surface area contributed by atoms with Crippen molar-refractivity contribution in [1.82, 2.24) is 19.3 Å². The first-order chi connectivity index (χ1) is 11.3. The zero-order chi connectivity index (χ0) is 17.5. The number of aliphatic hydroxyl groups is 1. The molecule has 5 nitrogen and oxygen atoms in total. The largest absolute Gasteiger partial charge is 0.414 e. The summed E-state index contributed by atoms with van der Waals surface area (Å²) in [5.74, 6) is -0.0700. The third kappa shape index (κ3) is 3.39. The smallest absolute Gasteiger partial charge is 0.383 e. The first-order valence-electron chi connectivity index (χ1n) is 8.03. The molecule has 1 aliphatic rings. The number of aryl methyl sites for hydroxylation is 2. The maximum atomic E-state index is 12.6. The number of hydrogen-bond acceptors (Lipinski definition) is 4. The summed E-state index contributed by atoms with van der Waals surface area (Å²) < 4.78 is 39.8. The number of hydrogen-bond donors (Lipinski definition) is 1. The number of fused-ring (bicyclic) bond motifs is 1. The maximum absolute atomic E-state index is 12.6. The standard InChI is InChI=1S/C16H21F3N4O/c1-10-7-11(2)23-13(8-20-15(23)21-10)9-22-5-3-12(4-6-22)14(24)16(17,18)19/h7-8,12,14,24H,3-6,9H2,1-2H3. The molecule has 132 valence electrons. The van der Waals surface area contributed by atoms with Gasteiger partial charge in [-0.1, -0.05) is 0 Å². The van der Waals surface area contributed by atoms with Gasteiger partial charge in [0.15, 0.2) is 6.10 Å². The summed E-state index contributed by atoms with van der Waals surface area (Å²) in [7, 11) is 0. The molecule has 0 bridgehead atoms. The first-order valence-corrected chi connectivity index (χ1v) is 8.03. The van der Waals surface area contributed by atoms with E-state index in [1.807, 2.05) is 24.3 Å². The second kappa shape index (κ2) is 6.33. The molecule has 0 aliphatic carbocycles. The fourth-order valence-electron chi connectivity index (χ4n) is 3.43. The highest BCUT2D eigenvalue weighted by Gasteiger charge is 2.44. The Hall–Kier alpha value is -1.67. The molecule has 1 saturated heterocycles. The Balaban J connectivity index is 1.67. The summed E-state index contributed by atoms with van der Waals surface area (Å²) in [4.78, 5) is 10.8. The van der Waals surface area contributed by atoms with Crippen molar-refractivity contribution in [3.63, 3.8) is 0 Å². The van der Waals surface area contributed by atoms with Crippen molar-refractivity contribution in [2.75, 3.05) is 13.1 Å². The van der Waals surface area contributed by atoms with Crippen LogP contribution in [-0.2, 0) is 6.54 Å². The SMILES string of the molecule is Cc1cc(C)n2c(CN3CCC(C(O)C(F)(F)F)CC3)cnc2n1. The minimum Gasteiger partial charge on any atom is -0.383 e. The van der Waals surface area contributed by atoms with E-state index in [0.717, 1.165) is 17.1 Å². The average Bonchev–Trinajstić information content (AvgIpc) is 2.89. The molecule has 2 aromatic rings. The molecule has 1 atom stereocenters. The van der Waals surface area contributed by atoms with Crippen molar-refractivity contribution >= 4 is 5.78 Å². The highest BCUT2D eigenvalue weighted by molar-refractivity contribution is 5.35. The molecule has 1 unspecified atom stereocenters. The second-order valence-electron chi connectivity index (χ2n) is 6.52. The Bertz CT molecular complexity index is 720. The summed E-state index contributed by atoms with van der Waals surface area (Å²) >= 11 is 0. The van der Waals surface area contributed by atoms with E-state index >= 15 is 0 Å². The lowest BCUT2D eigenvalue weighted by Crippen LogP contribution is -2.43. The number of aliphatic hydroxyl groups excluding tert-OH is 1. The van der Waals surface area contributed by atoms with Crippen LogP contribution in [0.25, 0.3) is 5.78 Å². The minimum atomic E-state index is -4.53. The van der Waals surface area contributed by atoms with E-state index in [-0.39, 0.29) is 0 Å². The number of alkyl halides is 3. The van der Waals surface area contributed by atoms with Gasteiger partial charge in [-0.25, -0.2) is 9.97 Å². The first kappa shape index (κ1) is 17.2. The number of aromatic nitrogens is 3. The van der Waals surface area contributed by atoms with Crippen molar-refractivity contribution in [1.29, 1.82) is 0 Å². The number of halogens is 3. The van der Waals surface area contributed by atoms with Crippen molar-refractivity contribution in [2.45, 2.75) is 45.5 Å². The number of likely N-dealkylation sites (tertiary alicyclic amines) is 1. The van der Waals surface area contributed by atoms with E-state index < -0.39 is 18.2 Å². The third-order valence-electron chi connectivity index (χ3n) is 4.66. The molecular formula is C16H21F3N4O. The average molecular weight is 342 g/mol. The minimum absolute atomic E-state index is 0.341. The van der Waals surface area contributed by atoms with E-state index in [1.54, 1.807) is 6.20 Å². The van der Waals surface area contributed by atoms with Gasteiger partial charge in [-0.05, 0) is 51.8 Å². The monoisotopic (exact) mass is 342 g/mol. The number of piperidine rings is 1. The quantitative estimate of drug-likeness (QED) is 0.931. The van der Waals surface area contributed by atoms with Crippen LogP contribution in [-0.4, -0.2) is 49.7 Å². The topological polar surface area (TPSA) is 53.7 Å². The van der Waals surface area contributed by atoms with Crippen molar-refractivity contribution < 1.29 is 18.3 Å². The predicted molar refractivity (Wildman–Crippen MR) is 82.5 cm³/mol. The van der Waals surface area contributed by atoms with Crippen molar-refractivity contribution in [3.05, 3.63) is 29.3 Å². The van der Waals surface area contributed by atoms with Crippen LogP contribution in [0.4, 0.5) is 13.2 Å². The van der Waals surface area contributed by atoms with Gasteiger partial charge in [0.05, 0.1) is 11.9 Å². The molecule has 3 heterocycles. The summed E-state index contributed by atoms with van der Waals surface area (Å²) in [6.07, 6.45) is -4.30. The summed E-state index contributed by atoms with van der Waals surface area (Å²) in [6, 6.07) is 1.98. The Morgan fingerprint density at radius 2 is 1.96 bits per heavy atom. The zero-order valence-electron chi connectivity index (χ0n) is 13.7. The highest BCUT2D eigenvalue weighted by Crippen LogP contribution is 2.32. The van der Waals surface area contributed by atoms with Gasteiger partial charge in [0, 0.05) is 17.9 Å². The van der Waals surface area contributed by atoms with Gasteiger partial charge in [-0.2, -0.15) is 13.2 Å². The number of rotatable bonds is 3. The van der Waals surface area contributed by atoms with Gasteiger partial charge in [0.2, 0.25) is 5.78 Å². The molecule has 1 aliphatic heterocycles. The zero-order valence-corrected chi connectivity index (χ0v) is 13.7. The van der Waals surface area contributed by atoms with Crippen LogP contribution in [0, 0.1) is 19.8 Å². The molecule has 0 amide bonds. The molecule has 3 rings (SSSR count). The van der Waals surface area contributed by atoms with Crippen LogP contribution in [0.5, 0.6) is 0 Å². The molecular weight excluding hydrogens is 321 g/mol. The van der Waals surface area contributed by atoms with E-state index in [0.29, 0.717) is 38.3 Å². The van der Waals surface area contributed by atoms with Crippen LogP contribution >= 0.6 is 0 Å². The highest BCUT2D eigenvalue weighted by atomic mass is 19.4.